The molecule has 166 valence electrons. The molecule has 6 nitrogen and oxygen atoms in total. The van der Waals surface area contributed by atoms with Gasteiger partial charge in [0.15, 0.2) is 0 Å². The Labute approximate surface area is 186 Å². The van der Waals surface area contributed by atoms with E-state index < -0.39 is 11.9 Å². The average molecular weight is 444 g/mol. The lowest BCUT2D eigenvalue weighted by atomic mass is 9.85. The zero-order valence-electron chi connectivity index (χ0n) is 18.3. The van der Waals surface area contributed by atoms with E-state index in [1.54, 1.807) is 13.8 Å². The highest BCUT2D eigenvalue weighted by molar-refractivity contribution is 7.17. The summed E-state index contributed by atoms with van der Waals surface area (Å²) in [6, 6.07) is 8.07. The number of hydrogen-bond donors (Lipinski definition) is 1. The monoisotopic (exact) mass is 443 g/mol. The molecule has 0 saturated carbocycles. The number of thiophene rings is 1. The fourth-order valence-electron chi connectivity index (χ4n) is 3.83. The van der Waals surface area contributed by atoms with Crippen LogP contribution in [0.1, 0.15) is 71.0 Å². The third-order valence-corrected chi connectivity index (χ3v) is 6.51. The van der Waals surface area contributed by atoms with Gasteiger partial charge in [0, 0.05) is 11.3 Å². The summed E-state index contributed by atoms with van der Waals surface area (Å²) in [5.41, 5.74) is 3.23. The fourth-order valence-corrected chi connectivity index (χ4v) is 5.14. The van der Waals surface area contributed by atoms with E-state index in [0.29, 0.717) is 35.4 Å². The van der Waals surface area contributed by atoms with E-state index in [-0.39, 0.29) is 25.1 Å². The standard InChI is InChI=1S/C24H29NO5S/c1-4-29-23(27)17-7-6-8-18-20(17)21(24(28)30-5-2)22(31-18)25-19(26)14-13-16-11-9-15(3)10-12-16/h9-12,17H,4-8,13-14H2,1-3H3,(H,25,26). The van der Waals surface area contributed by atoms with Crippen molar-refractivity contribution in [2.75, 3.05) is 18.5 Å². The normalized spacial score (nSPS) is 15.1. The van der Waals surface area contributed by atoms with Gasteiger partial charge in [0.05, 0.1) is 24.7 Å². The summed E-state index contributed by atoms with van der Waals surface area (Å²) >= 11 is 1.37. The highest BCUT2D eigenvalue weighted by atomic mass is 32.1. The van der Waals surface area contributed by atoms with Crippen molar-refractivity contribution in [2.45, 2.75) is 58.8 Å². The van der Waals surface area contributed by atoms with Gasteiger partial charge in [0.25, 0.3) is 0 Å². The van der Waals surface area contributed by atoms with Crippen LogP contribution in [0.3, 0.4) is 0 Å². The van der Waals surface area contributed by atoms with Gasteiger partial charge in [0.2, 0.25) is 5.91 Å². The Hall–Kier alpha value is -2.67. The molecular formula is C24H29NO5S. The predicted molar refractivity (Wildman–Crippen MR) is 121 cm³/mol. The number of esters is 2. The van der Waals surface area contributed by atoms with Gasteiger partial charge in [-0.1, -0.05) is 29.8 Å². The minimum absolute atomic E-state index is 0.169. The van der Waals surface area contributed by atoms with Crippen LogP contribution in [0.5, 0.6) is 0 Å². The summed E-state index contributed by atoms with van der Waals surface area (Å²) in [5, 5.41) is 3.37. The number of nitrogens with one attached hydrogen (secondary N) is 1. The van der Waals surface area contributed by atoms with Gasteiger partial charge in [-0.05, 0) is 57.6 Å². The summed E-state index contributed by atoms with van der Waals surface area (Å²) in [7, 11) is 0. The zero-order valence-corrected chi connectivity index (χ0v) is 19.1. The molecule has 1 unspecified atom stereocenters. The second-order valence-electron chi connectivity index (χ2n) is 7.59. The second kappa shape index (κ2) is 10.6. The quantitative estimate of drug-likeness (QED) is 0.594. The predicted octanol–water partition coefficient (Wildman–Crippen LogP) is 4.79. The molecule has 1 heterocycles. The molecule has 0 bridgehead atoms. The zero-order chi connectivity index (χ0) is 22.4. The summed E-state index contributed by atoms with van der Waals surface area (Å²) in [6.07, 6.45) is 3.13. The SMILES string of the molecule is CCOC(=O)c1c(NC(=O)CCc2ccc(C)cc2)sc2c1C(C(=O)OCC)CCC2. The lowest BCUT2D eigenvalue weighted by molar-refractivity contribution is -0.145. The molecule has 1 atom stereocenters. The van der Waals surface area contributed by atoms with Crippen molar-refractivity contribution in [3.63, 3.8) is 0 Å². The second-order valence-corrected chi connectivity index (χ2v) is 8.70. The topological polar surface area (TPSA) is 81.7 Å². The van der Waals surface area contributed by atoms with Gasteiger partial charge < -0.3 is 14.8 Å². The number of anilines is 1. The van der Waals surface area contributed by atoms with Crippen LogP contribution < -0.4 is 5.32 Å². The Bertz CT molecular complexity index is 948. The number of fused-ring (bicyclic) bond motifs is 1. The first-order chi connectivity index (χ1) is 14.9. The average Bonchev–Trinajstić information content (AvgIpc) is 3.11. The van der Waals surface area contributed by atoms with Gasteiger partial charge in [-0.15, -0.1) is 11.3 Å². The van der Waals surface area contributed by atoms with E-state index in [9.17, 15) is 14.4 Å². The number of ether oxygens (including phenoxy) is 2. The van der Waals surface area contributed by atoms with Crippen molar-refractivity contribution in [3.8, 4) is 0 Å². The molecule has 1 aromatic carbocycles. The van der Waals surface area contributed by atoms with Crippen LogP contribution in [0.25, 0.3) is 0 Å². The molecule has 1 aliphatic carbocycles. The molecule has 0 fully saturated rings. The summed E-state index contributed by atoms with van der Waals surface area (Å²) < 4.78 is 10.5. The smallest absolute Gasteiger partial charge is 0.341 e. The van der Waals surface area contributed by atoms with Crippen molar-refractivity contribution in [3.05, 3.63) is 51.4 Å². The molecule has 0 saturated heterocycles. The van der Waals surface area contributed by atoms with Crippen LogP contribution in [0.4, 0.5) is 5.00 Å². The number of amides is 1. The Morgan fingerprint density at radius 2 is 1.81 bits per heavy atom. The molecule has 1 aromatic heterocycles. The minimum Gasteiger partial charge on any atom is -0.466 e. The van der Waals surface area contributed by atoms with Gasteiger partial charge in [-0.3, -0.25) is 9.59 Å². The fraction of sp³-hybridized carbons (Fsp3) is 0.458. The number of rotatable bonds is 8. The summed E-state index contributed by atoms with van der Waals surface area (Å²) in [4.78, 5) is 39.0. The molecule has 31 heavy (non-hydrogen) atoms. The van der Waals surface area contributed by atoms with E-state index in [2.05, 4.69) is 5.32 Å². The van der Waals surface area contributed by atoms with Crippen molar-refractivity contribution in [1.29, 1.82) is 0 Å². The molecule has 1 aliphatic rings. The van der Waals surface area contributed by atoms with E-state index in [4.69, 9.17) is 9.47 Å². The number of hydrogen-bond acceptors (Lipinski definition) is 6. The van der Waals surface area contributed by atoms with Crippen molar-refractivity contribution in [1.82, 2.24) is 0 Å². The highest BCUT2D eigenvalue weighted by Crippen LogP contribution is 2.44. The minimum atomic E-state index is -0.509. The Morgan fingerprint density at radius 3 is 2.48 bits per heavy atom. The lowest BCUT2D eigenvalue weighted by Gasteiger charge is -2.22. The lowest BCUT2D eigenvalue weighted by Crippen LogP contribution is -2.23. The van der Waals surface area contributed by atoms with Crippen LogP contribution in [0.2, 0.25) is 0 Å². The molecule has 3 rings (SSSR count). The third kappa shape index (κ3) is 5.53. The first kappa shape index (κ1) is 23.0. The number of carbonyl (C=O) groups excluding carboxylic acids is 3. The first-order valence-corrected chi connectivity index (χ1v) is 11.6. The maximum Gasteiger partial charge on any atom is 0.341 e. The van der Waals surface area contributed by atoms with Crippen LogP contribution in [0.15, 0.2) is 24.3 Å². The van der Waals surface area contributed by atoms with Crippen LogP contribution in [-0.2, 0) is 31.9 Å². The maximum atomic E-state index is 12.8. The molecule has 2 aromatic rings. The van der Waals surface area contributed by atoms with Gasteiger partial charge >= 0.3 is 11.9 Å². The van der Waals surface area contributed by atoms with Gasteiger partial charge in [-0.2, -0.15) is 0 Å². The Kier molecular flexibility index (Phi) is 7.85. The van der Waals surface area contributed by atoms with E-state index >= 15 is 0 Å². The molecule has 1 N–H and O–H groups in total. The number of carbonyl (C=O) groups is 3. The van der Waals surface area contributed by atoms with Crippen molar-refractivity contribution < 1.29 is 23.9 Å². The van der Waals surface area contributed by atoms with Gasteiger partial charge in [0.1, 0.15) is 5.00 Å². The number of benzene rings is 1. The summed E-state index contributed by atoms with van der Waals surface area (Å²) in [5.74, 6) is -1.51. The van der Waals surface area contributed by atoms with E-state index in [1.165, 1.54) is 16.9 Å². The van der Waals surface area contributed by atoms with Crippen LogP contribution in [0, 0.1) is 6.92 Å². The highest BCUT2D eigenvalue weighted by Gasteiger charge is 2.36. The third-order valence-electron chi connectivity index (χ3n) is 5.33. The van der Waals surface area contributed by atoms with Crippen LogP contribution in [-0.4, -0.2) is 31.1 Å². The van der Waals surface area contributed by atoms with Gasteiger partial charge in [-0.25, -0.2) is 4.79 Å². The summed E-state index contributed by atoms with van der Waals surface area (Å²) in [6.45, 7) is 6.02. The Balaban J connectivity index is 1.83. The maximum absolute atomic E-state index is 12.8. The first-order valence-electron chi connectivity index (χ1n) is 10.8. The largest absolute Gasteiger partial charge is 0.466 e. The Morgan fingerprint density at radius 1 is 1.10 bits per heavy atom. The molecule has 1 amide bonds. The molecule has 0 aliphatic heterocycles. The van der Waals surface area contributed by atoms with Crippen molar-refractivity contribution >= 4 is 34.2 Å². The molecule has 0 radical (unpaired) electrons. The van der Waals surface area contributed by atoms with E-state index in [0.717, 1.165) is 23.3 Å². The molecular weight excluding hydrogens is 414 g/mol. The molecule has 0 spiro atoms. The van der Waals surface area contributed by atoms with Crippen LogP contribution >= 0.6 is 11.3 Å². The molecule has 7 heteroatoms. The van der Waals surface area contributed by atoms with Crippen molar-refractivity contribution in [2.24, 2.45) is 0 Å². The number of aryl methyl sites for hydroxylation is 3. The van der Waals surface area contributed by atoms with E-state index in [1.807, 2.05) is 31.2 Å².